The fourth-order valence-electron chi connectivity index (χ4n) is 1.35. The highest BCUT2D eigenvalue weighted by Gasteiger charge is 2.20. The van der Waals surface area contributed by atoms with Crippen LogP contribution in [0.5, 0.6) is 0 Å². The highest BCUT2D eigenvalue weighted by molar-refractivity contribution is 5.79. The summed E-state index contributed by atoms with van der Waals surface area (Å²) in [5.41, 5.74) is 1.05. The van der Waals surface area contributed by atoms with Crippen molar-refractivity contribution >= 4 is 5.91 Å². The third kappa shape index (κ3) is 1.97. The van der Waals surface area contributed by atoms with E-state index in [0.29, 0.717) is 6.42 Å². The van der Waals surface area contributed by atoms with Crippen molar-refractivity contribution in [3.8, 4) is 0 Å². The van der Waals surface area contributed by atoms with Crippen molar-refractivity contribution in [2.45, 2.75) is 26.7 Å². The first-order chi connectivity index (χ1) is 5.75. The topological polar surface area (TPSA) is 20.3 Å². The normalized spacial score (nSPS) is 19.7. The number of allylic oxidation sites excluding steroid dienone is 4. The lowest BCUT2D eigenvalue weighted by Gasteiger charge is -2.15. The van der Waals surface area contributed by atoms with Crippen molar-refractivity contribution in [1.82, 2.24) is 4.90 Å². The highest BCUT2D eigenvalue weighted by Crippen LogP contribution is 2.15. The largest absolute Gasteiger partial charge is 0.316 e. The summed E-state index contributed by atoms with van der Waals surface area (Å²) in [6.07, 6.45) is 7.61. The monoisotopic (exact) mass is 165 g/mol. The van der Waals surface area contributed by atoms with Crippen LogP contribution in [0.25, 0.3) is 0 Å². The van der Waals surface area contributed by atoms with Crippen LogP contribution in [0.3, 0.4) is 0 Å². The highest BCUT2D eigenvalue weighted by atomic mass is 16.2. The van der Waals surface area contributed by atoms with Gasteiger partial charge >= 0.3 is 0 Å². The number of rotatable bonds is 2. The molecule has 2 heteroatoms. The lowest BCUT2D eigenvalue weighted by atomic mass is 10.3. The second-order valence-electron chi connectivity index (χ2n) is 2.98. The predicted octanol–water partition coefficient (Wildman–Crippen LogP) is 2.09. The summed E-state index contributed by atoms with van der Waals surface area (Å²) in [4.78, 5) is 13.1. The minimum Gasteiger partial charge on any atom is -0.316 e. The minimum atomic E-state index is 0.258. The first-order valence-corrected chi connectivity index (χ1v) is 4.35. The van der Waals surface area contributed by atoms with Gasteiger partial charge in [-0.2, -0.15) is 0 Å². The second-order valence-corrected chi connectivity index (χ2v) is 2.98. The van der Waals surface area contributed by atoms with Crippen molar-refractivity contribution in [1.29, 1.82) is 0 Å². The maximum absolute atomic E-state index is 11.2. The molecule has 1 aliphatic heterocycles. The van der Waals surface area contributed by atoms with E-state index in [2.05, 4.69) is 0 Å². The molecular weight excluding hydrogens is 150 g/mol. The average molecular weight is 165 g/mol. The smallest absolute Gasteiger partial charge is 0.226 e. The Balaban J connectivity index is 2.62. The number of carbonyl (C=O) groups is 1. The van der Waals surface area contributed by atoms with E-state index in [-0.39, 0.29) is 5.91 Å². The Hall–Kier alpha value is -1.05. The van der Waals surface area contributed by atoms with E-state index in [9.17, 15) is 4.79 Å². The molecule has 12 heavy (non-hydrogen) atoms. The van der Waals surface area contributed by atoms with E-state index in [4.69, 9.17) is 0 Å². The standard InChI is InChI=1S/C10H15NO/c1-3-4-6-9(2)11-8-5-7-10(11)12/h3-4,6H,5,7-8H2,1-2H3/b4-3-,9-6+. The summed E-state index contributed by atoms with van der Waals surface area (Å²) in [6, 6.07) is 0. The van der Waals surface area contributed by atoms with Gasteiger partial charge in [0.05, 0.1) is 0 Å². The number of likely N-dealkylation sites (tertiary alicyclic amines) is 1. The van der Waals surface area contributed by atoms with Crippen LogP contribution in [0.1, 0.15) is 26.7 Å². The number of nitrogens with zero attached hydrogens (tertiary/aromatic N) is 1. The fraction of sp³-hybridized carbons (Fsp3) is 0.500. The molecule has 1 amide bonds. The van der Waals surface area contributed by atoms with Crippen LogP contribution in [0.4, 0.5) is 0 Å². The molecule has 1 heterocycles. The molecule has 0 N–H and O–H groups in total. The average Bonchev–Trinajstić information content (AvgIpc) is 2.47. The third-order valence-electron chi connectivity index (χ3n) is 2.03. The van der Waals surface area contributed by atoms with Gasteiger partial charge in [-0.15, -0.1) is 0 Å². The molecule has 0 spiro atoms. The van der Waals surface area contributed by atoms with Gasteiger partial charge in [0.25, 0.3) is 0 Å². The quantitative estimate of drug-likeness (QED) is 0.574. The van der Waals surface area contributed by atoms with E-state index in [1.807, 2.05) is 37.0 Å². The van der Waals surface area contributed by atoms with Crippen molar-refractivity contribution in [2.24, 2.45) is 0 Å². The Morgan fingerprint density at radius 2 is 2.33 bits per heavy atom. The van der Waals surface area contributed by atoms with Crippen molar-refractivity contribution in [3.05, 3.63) is 23.9 Å². The third-order valence-corrected chi connectivity index (χ3v) is 2.03. The number of hydrogen-bond acceptors (Lipinski definition) is 1. The van der Waals surface area contributed by atoms with Crippen molar-refractivity contribution in [3.63, 3.8) is 0 Å². The number of amides is 1. The molecule has 0 aromatic carbocycles. The van der Waals surface area contributed by atoms with E-state index in [1.165, 1.54) is 0 Å². The van der Waals surface area contributed by atoms with Gasteiger partial charge in [0, 0.05) is 18.7 Å². The van der Waals surface area contributed by atoms with Gasteiger partial charge < -0.3 is 4.90 Å². The molecule has 1 rings (SSSR count). The fourth-order valence-corrected chi connectivity index (χ4v) is 1.35. The molecule has 0 aromatic rings. The van der Waals surface area contributed by atoms with Crippen LogP contribution < -0.4 is 0 Å². The number of hydrogen-bond donors (Lipinski definition) is 0. The zero-order valence-corrected chi connectivity index (χ0v) is 7.71. The van der Waals surface area contributed by atoms with Crippen LogP contribution in [-0.4, -0.2) is 17.4 Å². The molecular formula is C10H15NO. The minimum absolute atomic E-state index is 0.258. The van der Waals surface area contributed by atoms with E-state index < -0.39 is 0 Å². The summed E-state index contributed by atoms with van der Waals surface area (Å²) in [5, 5.41) is 0. The van der Waals surface area contributed by atoms with Gasteiger partial charge in [0.15, 0.2) is 0 Å². The van der Waals surface area contributed by atoms with E-state index >= 15 is 0 Å². The van der Waals surface area contributed by atoms with Gasteiger partial charge in [-0.3, -0.25) is 4.79 Å². The van der Waals surface area contributed by atoms with Gasteiger partial charge in [0.1, 0.15) is 0 Å². The van der Waals surface area contributed by atoms with Crippen LogP contribution in [0.15, 0.2) is 23.9 Å². The first-order valence-electron chi connectivity index (χ1n) is 4.35. The van der Waals surface area contributed by atoms with Gasteiger partial charge in [-0.05, 0) is 26.3 Å². The predicted molar refractivity (Wildman–Crippen MR) is 49.5 cm³/mol. The Labute approximate surface area is 73.6 Å². The maximum atomic E-state index is 11.2. The summed E-state index contributed by atoms with van der Waals surface area (Å²) in [7, 11) is 0. The Morgan fingerprint density at radius 3 is 2.83 bits per heavy atom. The van der Waals surface area contributed by atoms with Crippen LogP contribution in [-0.2, 0) is 4.79 Å². The molecule has 0 aliphatic carbocycles. The second kappa shape index (κ2) is 4.10. The first kappa shape index (κ1) is 9.04. The zero-order valence-electron chi connectivity index (χ0n) is 7.71. The van der Waals surface area contributed by atoms with Gasteiger partial charge in [-0.1, -0.05) is 12.2 Å². The van der Waals surface area contributed by atoms with Crippen LogP contribution in [0, 0.1) is 0 Å². The summed E-state index contributed by atoms with van der Waals surface area (Å²) in [5.74, 6) is 0.258. The zero-order chi connectivity index (χ0) is 8.97. The van der Waals surface area contributed by atoms with Crippen molar-refractivity contribution < 1.29 is 4.79 Å². The van der Waals surface area contributed by atoms with Gasteiger partial charge in [-0.25, -0.2) is 0 Å². The molecule has 0 atom stereocenters. The summed E-state index contributed by atoms with van der Waals surface area (Å²) < 4.78 is 0. The Kier molecular flexibility index (Phi) is 3.09. The lowest BCUT2D eigenvalue weighted by molar-refractivity contribution is -0.126. The molecule has 0 bridgehead atoms. The SMILES string of the molecule is C/C=C\C=C(/C)N1CCCC1=O. The number of carbonyl (C=O) groups excluding carboxylic acids is 1. The Morgan fingerprint density at radius 1 is 1.58 bits per heavy atom. The molecule has 2 nitrogen and oxygen atoms in total. The van der Waals surface area contributed by atoms with Gasteiger partial charge in [0.2, 0.25) is 5.91 Å². The molecule has 0 saturated carbocycles. The van der Waals surface area contributed by atoms with E-state index in [1.54, 1.807) is 0 Å². The maximum Gasteiger partial charge on any atom is 0.226 e. The molecule has 0 radical (unpaired) electrons. The van der Waals surface area contributed by atoms with E-state index in [0.717, 1.165) is 18.7 Å². The molecule has 0 unspecified atom stereocenters. The molecule has 1 fully saturated rings. The molecule has 0 aromatic heterocycles. The van der Waals surface area contributed by atoms with Crippen LogP contribution in [0.2, 0.25) is 0 Å². The molecule has 1 saturated heterocycles. The summed E-state index contributed by atoms with van der Waals surface area (Å²) in [6.45, 7) is 4.83. The molecule has 66 valence electrons. The van der Waals surface area contributed by atoms with Crippen LogP contribution >= 0.6 is 0 Å². The lowest BCUT2D eigenvalue weighted by Crippen LogP contribution is -2.22. The molecule has 1 aliphatic rings. The summed E-state index contributed by atoms with van der Waals surface area (Å²) >= 11 is 0. The van der Waals surface area contributed by atoms with Crippen molar-refractivity contribution in [2.75, 3.05) is 6.54 Å². The Bertz CT molecular complexity index is 228.